The largest absolute Gasteiger partial charge is 0.361 e. The van der Waals surface area contributed by atoms with Crippen LogP contribution in [0.2, 0.25) is 0 Å². The van der Waals surface area contributed by atoms with Crippen LogP contribution in [0.5, 0.6) is 0 Å². The quantitative estimate of drug-likeness (QED) is 0.445. The second-order valence-electron chi connectivity index (χ2n) is 6.61. The molecule has 4 nitrogen and oxygen atoms in total. The standard InChI is InChI=1S/C18H29ClN2O2/c1-5-6-10-23-13-21(16(22)11-19)17-14(12-20)8-7-9-15(17)18(2,3)4/h7-9H,5-6,10-13,20H2,1-4H3. The summed E-state index contributed by atoms with van der Waals surface area (Å²) in [6.45, 7) is 9.64. The first-order chi connectivity index (χ1) is 10.9. The molecule has 1 aromatic carbocycles. The minimum Gasteiger partial charge on any atom is -0.361 e. The molecule has 0 aliphatic carbocycles. The zero-order valence-corrected chi connectivity index (χ0v) is 15.4. The Hall–Kier alpha value is -1.10. The monoisotopic (exact) mass is 340 g/mol. The molecule has 0 aromatic heterocycles. The summed E-state index contributed by atoms with van der Waals surface area (Å²) in [7, 11) is 0. The van der Waals surface area contributed by atoms with Crippen molar-refractivity contribution in [2.75, 3.05) is 24.1 Å². The van der Waals surface area contributed by atoms with E-state index in [1.165, 1.54) is 0 Å². The Morgan fingerprint density at radius 1 is 1.35 bits per heavy atom. The summed E-state index contributed by atoms with van der Waals surface area (Å²) in [6.07, 6.45) is 2.02. The highest BCUT2D eigenvalue weighted by molar-refractivity contribution is 6.29. The molecular formula is C18H29ClN2O2. The fraction of sp³-hybridized carbons (Fsp3) is 0.611. The van der Waals surface area contributed by atoms with Crippen molar-refractivity contribution in [1.82, 2.24) is 0 Å². The second kappa shape index (κ2) is 9.26. The van der Waals surface area contributed by atoms with E-state index in [4.69, 9.17) is 22.1 Å². The minimum absolute atomic E-state index is 0.0837. The Kier molecular flexibility index (Phi) is 8.03. The van der Waals surface area contributed by atoms with Gasteiger partial charge in [-0.2, -0.15) is 0 Å². The summed E-state index contributed by atoms with van der Waals surface area (Å²) in [5, 5.41) is 0. The molecule has 0 aliphatic heterocycles. The lowest BCUT2D eigenvalue weighted by Gasteiger charge is -2.31. The Morgan fingerprint density at radius 3 is 2.57 bits per heavy atom. The minimum atomic E-state index is -0.172. The maximum Gasteiger partial charge on any atom is 0.243 e. The molecule has 1 aromatic rings. The van der Waals surface area contributed by atoms with Crippen LogP contribution < -0.4 is 10.6 Å². The number of unbranched alkanes of at least 4 members (excludes halogenated alkanes) is 1. The first kappa shape index (κ1) is 19.9. The third kappa shape index (κ3) is 5.48. The second-order valence-corrected chi connectivity index (χ2v) is 6.88. The highest BCUT2D eigenvalue weighted by atomic mass is 35.5. The third-order valence-corrected chi connectivity index (χ3v) is 3.92. The van der Waals surface area contributed by atoms with Crippen LogP contribution in [0.25, 0.3) is 0 Å². The van der Waals surface area contributed by atoms with Gasteiger partial charge in [0, 0.05) is 13.2 Å². The highest BCUT2D eigenvalue weighted by Gasteiger charge is 2.26. The van der Waals surface area contributed by atoms with Gasteiger partial charge in [0.2, 0.25) is 5.91 Å². The predicted molar refractivity (Wildman–Crippen MR) is 97.0 cm³/mol. The molecule has 0 fully saturated rings. The molecule has 0 spiro atoms. The lowest BCUT2D eigenvalue weighted by molar-refractivity contribution is -0.117. The summed E-state index contributed by atoms with van der Waals surface area (Å²) in [6, 6.07) is 5.97. The van der Waals surface area contributed by atoms with Crippen molar-refractivity contribution in [3.8, 4) is 0 Å². The van der Waals surface area contributed by atoms with Crippen molar-refractivity contribution in [2.24, 2.45) is 5.73 Å². The van der Waals surface area contributed by atoms with Gasteiger partial charge in [-0.25, -0.2) is 0 Å². The van der Waals surface area contributed by atoms with Crippen molar-refractivity contribution in [1.29, 1.82) is 0 Å². The molecule has 0 heterocycles. The molecule has 0 aliphatic rings. The van der Waals surface area contributed by atoms with Crippen LogP contribution in [0.4, 0.5) is 5.69 Å². The summed E-state index contributed by atoms with van der Waals surface area (Å²) in [4.78, 5) is 14.0. The van der Waals surface area contributed by atoms with Crippen LogP contribution in [0, 0.1) is 0 Å². The van der Waals surface area contributed by atoms with Gasteiger partial charge in [-0.1, -0.05) is 52.3 Å². The fourth-order valence-electron chi connectivity index (χ4n) is 2.42. The molecule has 23 heavy (non-hydrogen) atoms. The van der Waals surface area contributed by atoms with E-state index in [9.17, 15) is 4.79 Å². The zero-order chi connectivity index (χ0) is 17.5. The highest BCUT2D eigenvalue weighted by Crippen LogP contribution is 2.35. The average Bonchev–Trinajstić information content (AvgIpc) is 2.53. The van der Waals surface area contributed by atoms with Crippen LogP contribution in [0.1, 0.15) is 51.7 Å². The number of anilines is 1. The van der Waals surface area contributed by atoms with E-state index in [1.807, 2.05) is 18.2 Å². The maximum atomic E-state index is 12.4. The Morgan fingerprint density at radius 2 is 2.04 bits per heavy atom. The molecule has 5 heteroatoms. The SMILES string of the molecule is CCCCOCN(C(=O)CCl)c1c(CN)cccc1C(C)(C)C. The molecule has 0 saturated carbocycles. The zero-order valence-electron chi connectivity index (χ0n) is 14.7. The first-order valence-corrected chi connectivity index (χ1v) is 8.66. The van der Waals surface area contributed by atoms with Crippen molar-refractivity contribution in [3.05, 3.63) is 29.3 Å². The topological polar surface area (TPSA) is 55.6 Å². The van der Waals surface area contributed by atoms with E-state index in [0.29, 0.717) is 13.2 Å². The van der Waals surface area contributed by atoms with E-state index >= 15 is 0 Å². The number of alkyl halides is 1. The van der Waals surface area contributed by atoms with Gasteiger partial charge < -0.3 is 10.5 Å². The number of halogens is 1. The summed E-state index contributed by atoms with van der Waals surface area (Å²) < 4.78 is 5.69. The summed E-state index contributed by atoms with van der Waals surface area (Å²) >= 11 is 5.82. The van der Waals surface area contributed by atoms with Gasteiger partial charge in [-0.3, -0.25) is 9.69 Å². The average molecular weight is 341 g/mol. The van der Waals surface area contributed by atoms with E-state index < -0.39 is 0 Å². The summed E-state index contributed by atoms with van der Waals surface area (Å²) in [5.41, 5.74) is 8.62. The smallest absolute Gasteiger partial charge is 0.243 e. The Balaban J connectivity index is 3.25. The van der Waals surface area contributed by atoms with E-state index in [-0.39, 0.29) is 23.9 Å². The van der Waals surface area contributed by atoms with E-state index in [0.717, 1.165) is 29.7 Å². The molecule has 0 unspecified atom stereocenters. The maximum absolute atomic E-state index is 12.4. The molecule has 130 valence electrons. The van der Waals surface area contributed by atoms with Crippen LogP contribution in [0.3, 0.4) is 0 Å². The number of para-hydroxylation sites is 1. The number of hydrogen-bond acceptors (Lipinski definition) is 3. The van der Waals surface area contributed by atoms with Gasteiger partial charge in [0.25, 0.3) is 0 Å². The predicted octanol–water partition coefficient (Wildman–Crippen LogP) is 3.79. The molecule has 0 radical (unpaired) electrons. The molecule has 0 bridgehead atoms. The van der Waals surface area contributed by atoms with Gasteiger partial charge in [0.1, 0.15) is 12.6 Å². The number of carbonyl (C=O) groups excluding carboxylic acids is 1. The Bertz CT molecular complexity index is 512. The lowest BCUT2D eigenvalue weighted by Crippen LogP contribution is -2.37. The Labute approximate surface area is 144 Å². The number of amides is 1. The number of nitrogens with zero attached hydrogens (tertiary/aromatic N) is 1. The normalized spacial score (nSPS) is 11.6. The van der Waals surface area contributed by atoms with Crippen LogP contribution in [0.15, 0.2) is 18.2 Å². The van der Waals surface area contributed by atoms with Gasteiger partial charge >= 0.3 is 0 Å². The molecule has 1 rings (SSSR count). The van der Waals surface area contributed by atoms with Crippen molar-refractivity contribution >= 4 is 23.2 Å². The van der Waals surface area contributed by atoms with Gasteiger partial charge in [0.05, 0.1) is 5.69 Å². The molecule has 2 N–H and O–H groups in total. The van der Waals surface area contributed by atoms with Crippen LogP contribution in [-0.2, 0) is 21.5 Å². The summed E-state index contributed by atoms with van der Waals surface area (Å²) in [5.74, 6) is -0.255. The lowest BCUT2D eigenvalue weighted by atomic mass is 9.84. The van der Waals surface area contributed by atoms with E-state index in [1.54, 1.807) is 4.90 Å². The van der Waals surface area contributed by atoms with Crippen molar-refractivity contribution < 1.29 is 9.53 Å². The number of hydrogen-bond donors (Lipinski definition) is 1. The van der Waals surface area contributed by atoms with Crippen LogP contribution >= 0.6 is 11.6 Å². The van der Waals surface area contributed by atoms with Gasteiger partial charge in [0.15, 0.2) is 0 Å². The number of nitrogens with two attached hydrogens (primary N) is 1. The molecular weight excluding hydrogens is 312 g/mol. The number of benzene rings is 1. The molecule has 0 saturated heterocycles. The third-order valence-electron chi connectivity index (χ3n) is 3.70. The van der Waals surface area contributed by atoms with Gasteiger partial charge in [-0.05, 0) is 23.0 Å². The molecule has 1 amide bonds. The number of ether oxygens (including phenoxy) is 1. The number of carbonyl (C=O) groups is 1. The van der Waals surface area contributed by atoms with Crippen molar-refractivity contribution in [2.45, 2.75) is 52.5 Å². The van der Waals surface area contributed by atoms with Gasteiger partial charge in [-0.15, -0.1) is 11.6 Å². The fourth-order valence-corrected chi connectivity index (χ4v) is 2.56. The first-order valence-electron chi connectivity index (χ1n) is 8.13. The van der Waals surface area contributed by atoms with Crippen LogP contribution in [-0.4, -0.2) is 25.1 Å². The molecule has 0 atom stereocenters. The van der Waals surface area contributed by atoms with E-state index in [2.05, 4.69) is 27.7 Å². The number of rotatable bonds is 8. The van der Waals surface area contributed by atoms with Crippen molar-refractivity contribution in [3.63, 3.8) is 0 Å².